The van der Waals surface area contributed by atoms with Crippen LogP contribution in [0.2, 0.25) is 0 Å². The number of piperidine rings is 1. The quantitative estimate of drug-likeness (QED) is 0.717. The van der Waals surface area contributed by atoms with E-state index in [2.05, 4.69) is 20.6 Å². The highest BCUT2D eigenvalue weighted by Crippen LogP contribution is 2.28. The molecule has 3 rings (SSSR count). The van der Waals surface area contributed by atoms with Gasteiger partial charge in [0.25, 0.3) is 0 Å². The minimum Gasteiger partial charge on any atom is -0.384 e. The van der Waals surface area contributed by atoms with Crippen molar-refractivity contribution in [1.29, 1.82) is 0 Å². The van der Waals surface area contributed by atoms with Gasteiger partial charge >= 0.3 is 0 Å². The lowest BCUT2D eigenvalue weighted by molar-refractivity contribution is -0.122. The van der Waals surface area contributed by atoms with Crippen LogP contribution in [0.1, 0.15) is 30.7 Å². The van der Waals surface area contributed by atoms with Crippen LogP contribution in [-0.4, -0.2) is 49.2 Å². The first-order valence-corrected chi connectivity index (χ1v) is 9.02. The van der Waals surface area contributed by atoms with Gasteiger partial charge in [0.1, 0.15) is 5.82 Å². The van der Waals surface area contributed by atoms with Gasteiger partial charge in [-0.1, -0.05) is 12.1 Å². The number of hydrogen-bond donors (Lipinski definition) is 3. The predicted molar refractivity (Wildman–Crippen MR) is 98.6 cm³/mol. The maximum absolute atomic E-state index is 12.3. The summed E-state index contributed by atoms with van der Waals surface area (Å²) in [5.41, 5.74) is 3.24. The Bertz CT molecular complexity index is 714. The van der Waals surface area contributed by atoms with Gasteiger partial charge in [-0.25, -0.2) is 4.98 Å². The molecule has 0 aliphatic carbocycles. The highest BCUT2D eigenvalue weighted by atomic mass is 16.5. The Morgan fingerprint density at radius 2 is 2.16 bits per heavy atom. The van der Waals surface area contributed by atoms with Crippen molar-refractivity contribution in [3.63, 3.8) is 0 Å². The van der Waals surface area contributed by atoms with E-state index in [1.807, 2.05) is 25.1 Å². The Kier molecular flexibility index (Phi) is 5.71. The fourth-order valence-electron chi connectivity index (χ4n) is 3.59. The Hall–Kier alpha value is -1.92. The van der Waals surface area contributed by atoms with Crippen molar-refractivity contribution in [2.45, 2.75) is 32.6 Å². The molecule has 1 aromatic heterocycles. The molecular weight excluding hydrogens is 316 g/mol. The van der Waals surface area contributed by atoms with E-state index in [-0.39, 0.29) is 11.3 Å². The Morgan fingerprint density at radius 3 is 2.88 bits per heavy atom. The molecule has 0 radical (unpaired) electrons. The number of nitrogens with one attached hydrogen (secondary N) is 3. The number of H-pyrrole nitrogens is 1. The van der Waals surface area contributed by atoms with Crippen LogP contribution in [0, 0.1) is 12.3 Å². The zero-order valence-corrected chi connectivity index (χ0v) is 15.2. The van der Waals surface area contributed by atoms with Crippen molar-refractivity contribution in [1.82, 2.24) is 20.6 Å². The van der Waals surface area contributed by atoms with Crippen molar-refractivity contribution < 1.29 is 9.53 Å². The maximum atomic E-state index is 12.3. The van der Waals surface area contributed by atoms with Gasteiger partial charge in [-0.3, -0.25) is 4.79 Å². The number of rotatable bonds is 7. The average Bonchev–Trinajstić information content (AvgIpc) is 3.04. The van der Waals surface area contributed by atoms with Crippen molar-refractivity contribution in [3.8, 4) is 0 Å². The van der Waals surface area contributed by atoms with Gasteiger partial charge < -0.3 is 20.4 Å². The molecule has 1 aliphatic rings. The van der Waals surface area contributed by atoms with Gasteiger partial charge in [0.2, 0.25) is 5.91 Å². The second-order valence-electron chi connectivity index (χ2n) is 7.11. The summed E-state index contributed by atoms with van der Waals surface area (Å²) in [6.07, 6.45) is 3.13. The normalized spacial score (nSPS) is 16.9. The Morgan fingerprint density at radius 1 is 1.36 bits per heavy atom. The van der Waals surface area contributed by atoms with E-state index in [1.165, 1.54) is 0 Å². The lowest BCUT2D eigenvalue weighted by atomic mass is 9.79. The molecule has 3 N–H and O–H groups in total. The fourth-order valence-corrected chi connectivity index (χ4v) is 3.59. The number of carbonyl (C=O) groups is 1. The van der Waals surface area contributed by atoms with Crippen molar-refractivity contribution in [2.24, 2.45) is 5.41 Å². The molecule has 1 aliphatic heterocycles. The van der Waals surface area contributed by atoms with Gasteiger partial charge in [0.05, 0.1) is 17.6 Å². The topological polar surface area (TPSA) is 79.0 Å². The molecule has 6 heteroatoms. The first-order chi connectivity index (χ1) is 12.1. The van der Waals surface area contributed by atoms with E-state index in [9.17, 15) is 4.79 Å². The van der Waals surface area contributed by atoms with Gasteiger partial charge in [-0.05, 0) is 44.5 Å². The summed E-state index contributed by atoms with van der Waals surface area (Å²) >= 11 is 0. The smallest absolute Gasteiger partial charge is 0.220 e. The third-order valence-electron chi connectivity index (χ3n) is 5.13. The summed E-state index contributed by atoms with van der Waals surface area (Å²) in [4.78, 5) is 20.2. The summed E-state index contributed by atoms with van der Waals surface area (Å²) < 4.78 is 5.40. The standard InChI is InChI=1S/C19H28N4O2/c1-14-4-3-5-15-18(14)23-16(22-15)6-7-17(24)21-12-19(13-25-2)8-10-20-11-9-19/h3-5,20H,6-13H2,1-2H3,(H,21,24)(H,22,23). The second kappa shape index (κ2) is 7.97. The average molecular weight is 344 g/mol. The van der Waals surface area contributed by atoms with Crippen LogP contribution < -0.4 is 10.6 Å². The molecule has 0 saturated carbocycles. The molecule has 136 valence electrons. The lowest BCUT2D eigenvalue weighted by Crippen LogP contribution is -2.47. The summed E-state index contributed by atoms with van der Waals surface area (Å²) in [6, 6.07) is 6.08. The van der Waals surface area contributed by atoms with Gasteiger partial charge in [-0.15, -0.1) is 0 Å². The number of benzene rings is 1. The van der Waals surface area contributed by atoms with Gasteiger partial charge in [-0.2, -0.15) is 0 Å². The number of imidazole rings is 1. The van der Waals surface area contributed by atoms with Crippen LogP contribution in [-0.2, 0) is 16.0 Å². The molecule has 1 fully saturated rings. The highest BCUT2D eigenvalue weighted by Gasteiger charge is 2.32. The largest absolute Gasteiger partial charge is 0.384 e. The van der Waals surface area contributed by atoms with Crippen LogP contribution in [0.15, 0.2) is 18.2 Å². The summed E-state index contributed by atoms with van der Waals surface area (Å²) in [5, 5.41) is 6.47. The zero-order valence-electron chi connectivity index (χ0n) is 15.2. The second-order valence-corrected chi connectivity index (χ2v) is 7.11. The third-order valence-corrected chi connectivity index (χ3v) is 5.13. The summed E-state index contributed by atoms with van der Waals surface area (Å²) in [6.45, 7) is 5.39. The summed E-state index contributed by atoms with van der Waals surface area (Å²) in [5.74, 6) is 0.944. The number of carbonyl (C=O) groups excluding carboxylic acids is 1. The van der Waals surface area contributed by atoms with Crippen molar-refractivity contribution in [2.75, 3.05) is 33.4 Å². The number of methoxy groups -OCH3 is 1. The third kappa shape index (κ3) is 4.38. The molecule has 0 atom stereocenters. The highest BCUT2D eigenvalue weighted by molar-refractivity contribution is 5.79. The molecule has 0 bridgehead atoms. The molecular formula is C19H28N4O2. The number of ether oxygens (including phenoxy) is 1. The Labute approximate surface area is 148 Å². The van der Waals surface area contributed by atoms with Gasteiger partial charge in [0.15, 0.2) is 0 Å². The summed E-state index contributed by atoms with van der Waals surface area (Å²) in [7, 11) is 1.73. The van der Waals surface area contributed by atoms with Crippen LogP contribution in [0.3, 0.4) is 0 Å². The number of hydrogen-bond acceptors (Lipinski definition) is 4. The molecule has 0 spiro atoms. The zero-order chi connectivity index (χ0) is 17.7. The number of amides is 1. The van der Waals surface area contributed by atoms with E-state index in [0.29, 0.717) is 26.0 Å². The van der Waals surface area contributed by atoms with Crippen LogP contribution in [0.4, 0.5) is 0 Å². The van der Waals surface area contributed by atoms with Crippen LogP contribution >= 0.6 is 0 Å². The minimum atomic E-state index is 0.0616. The first kappa shape index (κ1) is 17.9. The van der Waals surface area contributed by atoms with E-state index < -0.39 is 0 Å². The maximum Gasteiger partial charge on any atom is 0.220 e. The molecule has 1 saturated heterocycles. The monoisotopic (exact) mass is 344 g/mol. The fraction of sp³-hybridized carbons (Fsp3) is 0.579. The molecule has 25 heavy (non-hydrogen) atoms. The molecule has 2 heterocycles. The predicted octanol–water partition coefficient (Wildman–Crippen LogP) is 1.94. The van der Waals surface area contributed by atoms with E-state index in [4.69, 9.17) is 4.74 Å². The molecule has 1 amide bonds. The molecule has 6 nitrogen and oxygen atoms in total. The van der Waals surface area contributed by atoms with Crippen LogP contribution in [0.5, 0.6) is 0 Å². The number of para-hydroxylation sites is 1. The number of aryl methyl sites for hydroxylation is 2. The molecule has 1 aromatic carbocycles. The van der Waals surface area contributed by atoms with Crippen LogP contribution in [0.25, 0.3) is 11.0 Å². The van der Waals surface area contributed by atoms with Gasteiger partial charge in [0, 0.05) is 31.9 Å². The number of aromatic nitrogens is 2. The number of aromatic amines is 1. The van der Waals surface area contributed by atoms with E-state index >= 15 is 0 Å². The van der Waals surface area contributed by atoms with E-state index in [0.717, 1.165) is 48.4 Å². The van der Waals surface area contributed by atoms with Crippen molar-refractivity contribution >= 4 is 16.9 Å². The number of nitrogens with zero attached hydrogens (tertiary/aromatic N) is 1. The number of fused-ring (bicyclic) bond motifs is 1. The minimum absolute atomic E-state index is 0.0616. The van der Waals surface area contributed by atoms with E-state index in [1.54, 1.807) is 7.11 Å². The SMILES string of the molecule is COCC1(CNC(=O)CCc2nc3c(C)cccc3[nH]2)CCNCC1. The Balaban J connectivity index is 1.52. The first-order valence-electron chi connectivity index (χ1n) is 9.02. The molecule has 0 unspecified atom stereocenters. The van der Waals surface area contributed by atoms with Crippen molar-refractivity contribution in [3.05, 3.63) is 29.6 Å². The lowest BCUT2D eigenvalue weighted by Gasteiger charge is -2.37. The molecule has 2 aromatic rings.